The summed E-state index contributed by atoms with van der Waals surface area (Å²) in [6.07, 6.45) is 1.44. The molecule has 2 rings (SSSR count). The van der Waals surface area contributed by atoms with Crippen LogP contribution >= 0.6 is 11.3 Å². The second-order valence-corrected chi connectivity index (χ2v) is 4.95. The fourth-order valence-electron chi connectivity index (χ4n) is 1.54. The van der Waals surface area contributed by atoms with Gasteiger partial charge in [-0.25, -0.2) is 0 Å². The van der Waals surface area contributed by atoms with E-state index in [0.717, 1.165) is 22.7 Å². The molecule has 0 fully saturated rings. The number of rotatable bonds is 5. The van der Waals surface area contributed by atoms with Gasteiger partial charge >= 0.3 is 0 Å². The van der Waals surface area contributed by atoms with Gasteiger partial charge < -0.3 is 10.4 Å². The Morgan fingerprint density at radius 3 is 2.94 bits per heavy atom. The molecule has 2 aromatic rings. The van der Waals surface area contributed by atoms with Gasteiger partial charge in [-0.3, -0.25) is 4.98 Å². The van der Waals surface area contributed by atoms with Gasteiger partial charge in [-0.05, 0) is 30.0 Å². The zero-order chi connectivity index (χ0) is 12.1. The molecule has 2 N–H and O–H groups in total. The molecule has 0 aliphatic rings. The number of aromatic nitrogens is 1. The Morgan fingerprint density at radius 2 is 2.29 bits per heavy atom. The van der Waals surface area contributed by atoms with Crippen LogP contribution in [0.2, 0.25) is 0 Å². The smallest absolute Gasteiger partial charge is 0.101 e. The summed E-state index contributed by atoms with van der Waals surface area (Å²) >= 11 is 1.58. The molecule has 3 nitrogen and oxygen atoms in total. The standard InChI is InChI=1S/C13H16N2OS/c1-10-4-5-11(8-15-10)7-14-9-12(16)13-3-2-6-17-13/h2-6,8,12,14,16H,7,9H2,1H3. The summed E-state index contributed by atoms with van der Waals surface area (Å²) in [4.78, 5) is 5.23. The molecule has 0 radical (unpaired) electrons. The van der Waals surface area contributed by atoms with Crippen LogP contribution in [0.3, 0.4) is 0 Å². The minimum absolute atomic E-state index is 0.423. The predicted molar refractivity (Wildman–Crippen MR) is 70.0 cm³/mol. The normalized spacial score (nSPS) is 12.6. The number of thiophene rings is 1. The summed E-state index contributed by atoms with van der Waals surface area (Å²) in [6.45, 7) is 3.27. The van der Waals surface area contributed by atoms with Gasteiger partial charge in [-0.2, -0.15) is 0 Å². The van der Waals surface area contributed by atoms with Crippen molar-refractivity contribution >= 4 is 11.3 Å². The Kier molecular flexibility index (Phi) is 4.25. The maximum atomic E-state index is 9.86. The highest BCUT2D eigenvalue weighted by Crippen LogP contribution is 2.17. The van der Waals surface area contributed by atoms with E-state index >= 15 is 0 Å². The molecule has 0 aliphatic carbocycles. The number of nitrogens with zero attached hydrogens (tertiary/aromatic N) is 1. The van der Waals surface area contributed by atoms with Crippen LogP contribution in [0.1, 0.15) is 22.2 Å². The maximum absolute atomic E-state index is 9.86. The van der Waals surface area contributed by atoms with Crippen LogP contribution in [0, 0.1) is 6.92 Å². The van der Waals surface area contributed by atoms with Crippen molar-refractivity contribution in [3.63, 3.8) is 0 Å². The highest BCUT2D eigenvalue weighted by molar-refractivity contribution is 7.10. The van der Waals surface area contributed by atoms with E-state index in [0.29, 0.717) is 6.54 Å². The minimum atomic E-state index is -0.423. The lowest BCUT2D eigenvalue weighted by molar-refractivity contribution is 0.178. The number of hydrogen-bond donors (Lipinski definition) is 2. The van der Waals surface area contributed by atoms with E-state index in [-0.39, 0.29) is 0 Å². The minimum Gasteiger partial charge on any atom is -0.386 e. The Bertz CT molecular complexity index is 439. The van der Waals surface area contributed by atoms with E-state index in [2.05, 4.69) is 10.3 Å². The van der Waals surface area contributed by atoms with Crippen LogP contribution < -0.4 is 5.32 Å². The maximum Gasteiger partial charge on any atom is 0.101 e. The fourth-order valence-corrected chi connectivity index (χ4v) is 2.25. The Labute approximate surface area is 105 Å². The number of aliphatic hydroxyl groups is 1. The molecule has 0 aromatic carbocycles. The first-order chi connectivity index (χ1) is 8.25. The van der Waals surface area contributed by atoms with Gasteiger partial charge in [0.2, 0.25) is 0 Å². The fraction of sp³-hybridized carbons (Fsp3) is 0.308. The number of nitrogens with one attached hydrogen (secondary N) is 1. The molecule has 0 bridgehead atoms. The van der Waals surface area contributed by atoms with Crippen LogP contribution in [-0.4, -0.2) is 16.6 Å². The highest BCUT2D eigenvalue weighted by Gasteiger charge is 2.07. The molecule has 4 heteroatoms. The second kappa shape index (κ2) is 5.91. The molecule has 90 valence electrons. The topological polar surface area (TPSA) is 45.1 Å². The Morgan fingerprint density at radius 1 is 1.41 bits per heavy atom. The van der Waals surface area contributed by atoms with Crippen molar-refractivity contribution in [2.45, 2.75) is 19.6 Å². The zero-order valence-electron chi connectivity index (χ0n) is 9.76. The molecule has 0 saturated heterocycles. The number of hydrogen-bond acceptors (Lipinski definition) is 4. The highest BCUT2D eigenvalue weighted by atomic mass is 32.1. The SMILES string of the molecule is Cc1ccc(CNCC(O)c2cccs2)cn1. The average molecular weight is 248 g/mol. The number of aryl methyl sites for hydroxylation is 1. The van der Waals surface area contributed by atoms with Crippen molar-refractivity contribution in [3.05, 3.63) is 52.0 Å². The molecule has 2 heterocycles. The molecule has 17 heavy (non-hydrogen) atoms. The summed E-state index contributed by atoms with van der Waals surface area (Å²) in [5.74, 6) is 0. The molecule has 1 unspecified atom stereocenters. The van der Waals surface area contributed by atoms with Crippen LogP contribution in [0.15, 0.2) is 35.8 Å². The summed E-state index contributed by atoms with van der Waals surface area (Å²) in [6, 6.07) is 7.94. The zero-order valence-corrected chi connectivity index (χ0v) is 10.6. The van der Waals surface area contributed by atoms with Gasteiger partial charge in [-0.15, -0.1) is 11.3 Å². The summed E-state index contributed by atoms with van der Waals surface area (Å²) in [5, 5.41) is 15.1. The lowest BCUT2D eigenvalue weighted by Crippen LogP contribution is -2.20. The van der Waals surface area contributed by atoms with Crippen molar-refractivity contribution in [1.82, 2.24) is 10.3 Å². The van der Waals surface area contributed by atoms with Crippen LogP contribution in [0.25, 0.3) is 0 Å². The third-order valence-electron chi connectivity index (χ3n) is 2.51. The van der Waals surface area contributed by atoms with Crippen LogP contribution in [0.4, 0.5) is 0 Å². The van der Waals surface area contributed by atoms with E-state index in [4.69, 9.17) is 0 Å². The molecule has 1 atom stereocenters. The van der Waals surface area contributed by atoms with E-state index in [1.165, 1.54) is 0 Å². The molecule has 0 spiro atoms. The van der Waals surface area contributed by atoms with Gasteiger partial charge in [0.15, 0.2) is 0 Å². The second-order valence-electron chi connectivity index (χ2n) is 3.97. The molecule has 0 amide bonds. The van der Waals surface area contributed by atoms with E-state index in [1.807, 2.05) is 42.8 Å². The first-order valence-electron chi connectivity index (χ1n) is 5.59. The predicted octanol–water partition coefficient (Wildman–Crippen LogP) is 2.27. The van der Waals surface area contributed by atoms with Crippen molar-refractivity contribution in [3.8, 4) is 0 Å². The third-order valence-corrected chi connectivity index (χ3v) is 3.48. The first kappa shape index (κ1) is 12.2. The lowest BCUT2D eigenvalue weighted by Gasteiger charge is -2.10. The van der Waals surface area contributed by atoms with E-state index < -0.39 is 6.10 Å². The van der Waals surface area contributed by atoms with Gasteiger partial charge in [0.05, 0.1) is 0 Å². The Balaban J connectivity index is 1.78. The van der Waals surface area contributed by atoms with E-state index in [9.17, 15) is 5.11 Å². The van der Waals surface area contributed by atoms with Crippen LogP contribution in [-0.2, 0) is 6.54 Å². The van der Waals surface area contributed by atoms with Crippen molar-refractivity contribution in [2.24, 2.45) is 0 Å². The monoisotopic (exact) mass is 248 g/mol. The average Bonchev–Trinajstić information content (AvgIpc) is 2.85. The van der Waals surface area contributed by atoms with Crippen molar-refractivity contribution < 1.29 is 5.11 Å². The Hall–Kier alpha value is -1.23. The largest absolute Gasteiger partial charge is 0.386 e. The quantitative estimate of drug-likeness (QED) is 0.853. The number of aliphatic hydroxyl groups excluding tert-OH is 1. The number of pyridine rings is 1. The molecule has 0 saturated carbocycles. The van der Waals surface area contributed by atoms with Gasteiger partial charge in [0.25, 0.3) is 0 Å². The molecule has 0 aliphatic heterocycles. The lowest BCUT2D eigenvalue weighted by atomic mass is 10.2. The molecular weight excluding hydrogens is 232 g/mol. The first-order valence-corrected chi connectivity index (χ1v) is 6.47. The van der Waals surface area contributed by atoms with Gasteiger partial charge in [0, 0.05) is 29.9 Å². The van der Waals surface area contributed by atoms with Crippen molar-refractivity contribution in [1.29, 1.82) is 0 Å². The van der Waals surface area contributed by atoms with Crippen LogP contribution in [0.5, 0.6) is 0 Å². The summed E-state index contributed by atoms with van der Waals surface area (Å²) in [7, 11) is 0. The summed E-state index contributed by atoms with van der Waals surface area (Å²) in [5.41, 5.74) is 2.15. The summed E-state index contributed by atoms with van der Waals surface area (Å²) < 4.78 is 0. The third kappa shape index (κ3) is 3.63. The van der Waals surface area contributed by atoms with Gasteiger partial charge in [0.1, 0.15) is 6.10 Å². The molecule has 2 aromatic heterocycles. The molecular formula is C13H16N2OS. The van der Waals surface area contributed by atoms with Gasteiger partial charge in [-0.1, -0.05) is 12.1 Å². The van der Waals surface area contributed by atoms with E-state index in [1.54, 1.807) is 11.3 Å². The van der Waals surface area contributed by atoms with Crippen molar-refractivity contribution in [2.75, 3.05) is 6.54 Å².